The summed E-state index contributed by atoms with van der Waals surface area (Å²) in [6.45, 7) is 4.48. The minimum Gasteiger partial charge on any atom is -0.361 e. The van der Waals surface area contributed by atoms with Crippen molar-refractivity contribution in [3.05, 3.63) is 59.0 Å². The molecule has 4 heterocycles. The van der Waals surface area contributed by atoms with Gasteiger partial charge in [-0.25, -0.2) is 9.67 Å². The molecule has 2 N–H and O–H groups in total. The minimum atomic E-state index is -0.0431. The number of H-pyrrole nitrogens is 1. The van der Waals surface area contributed by atoms with Gasteiger partial charge in [-0.3, -0.25) is 4.79 Å². The molecule has 1 atom stereocenters. The van der Waals surface area contributed by atoms with E-state index in [9.17, 15) is 4.79 Å². The number of aromatic nitrogens is 5. The molecule has 0 aliphatic carbocycles. The van der Waals surface area contributed by atoms with Crippen molar-refractivity contribution in [3.8, 4) is 0 Å². The highest BCUT2D eigenvalue weighted by atomic mass is 32.1. The zero-order valence-corrected chi connectivity index (χ0v) is 18.9. The second kappa shape index (κ2) is 9.12. The van der Waals surface area contributed by atoms with Crippen LogP contribution in [0.15, 0.2) is 42.9 Å². The van der Waals surface area contributed by atoms with E-state index in [1.54, 1.807) is 12.4 Å². The van der Waals surface area contributed by atoms with Crippen molar-refractivity contribution < 1.29 is 4.79 Å². The Kier molecular flexibility index (Phi) is 5.89. The number of anilines is 1. The highest BCUT2D eigenvalue weighted by molar-refractivity contribution is 7.17. The zero-order valence-electron chi connectivity index (χ0n) is 18.1. The molecule has 0 radical (unpaired) electrons. The van der Waals surface area contributed by atoms with Gasteiger partial charge in [-0.1, -0.05) is 54.5 Å². The Bertz CT molecular complexity index is 1210. The van der Waals surface area contributed by atoms with E-state index in [0.717, 1.165) is 55.1 Å². The van der Waals surface area contributed by atoms with Crippen molar-refractivity contribution in [2.24, 2.45) is 0 Å². The van der Waals surface area contributed by atoms with Crippen LogP contribution in [0.5, 0.6) is 0 Å². The molecule has 0 saturated carbocycles. The van der Waals surface area contributed by atoms with Gasteiger partial charge >= 0.3 is 0 Å². The second-order valence-corrected chi connectivity index (χ2v) is 9.26. The summed E-state index contributed by atoms with van der Waals surface area (Å²) < 4.78 is 1.92. The maximum atomic E-state index is 13.1. The molecule has 9 heteroatoms. The lowest BCUT2D eigenvalue weighted by Gasteiger charge is -2.26. The highest BCUT2D eigenvalue weighted by Crippen LogP contribution is 2.26. The number of aromatic amines is 1. The standard InChI is InChI=1S/C23H27N7OS/c1-2-3-6-17(11-16-12-24-20-8-5-4-7-19(16)20)27-22(31)21-14-25-23(32-21)29-9-10-30-18(15-29)13-26-28-30/h4-5,7-8,12-14,17,24H,2-3,6,9-11,15H2,1H3,(H,27,31). The molecule has 4 aromatic rings. The Morgan fingerprint density at radius 1 is 1.28 bits per heavy atom. The number of hydrogen-bond acceptors (Lipinski definition) is 6. The predicted molar refractivity (Wildman–Crippen MR) is 126 cm³/mol. The van der Waals surface area contributed by atoms with E-state index >= 15 is 0 Å². The van der Waals surface area contributed by atoms with Crippen molar-refractivity contribution in [2.75, 3.05) is 11.4 Å². The largest absolute Gasteiger partial charge is 0.361 e. The van der Waals surface area contributed by atoms with Crippen molar-refractivity contribution in [1.29, 1.82) is 0 Å². The van der Waals surface area contributed by atoms with Crippen molar-refractivity contribution in [1.82, 2.24) is 30.3 Å². The first-order valence-corrected chi connectivity index (χ1v) is 12.0. The van der Waals surface area contributed by atoms with E-state index in [2.05, 4.69) is 61.8 Å². The normalized spacial score (nSPS) is 14.5. The maximum absolute atomic E-state index is 13.1. The van der Waals surface area contributed by atoms with Gasteiger partial charge in [-0.2, -0.15) is 0 Å². The molecule has 3 aromatic heterocycles. The molecule has 8 nitrogen and oxygen atoms in total. The van der Waals surface area contributed by atoms with Gasteiger partial charge < -0.3 is 15.2 Å². The third-order valence-electron chi connectivity index (χ3n) is 6.00. The Hall–Kier alpha value is -3.20. The second-order valence-electron chi connectivity index (χ2n) is 8.25. The number of carbonyl (C=O) groups is 1. The summed E-state index contributed by atoms with van der Waals surface area (Å²) in [5, 5.41) is 13.4. The fraction of sp³-hybridized carbons (Fsp3) is 0.391. The molecule has 32 heavy (non-hydrogen) atoms. The monoisotopic (exact) mass is 449 g/mol. The van der Waals surface area contributed by atoms with Crippen LogP contribution in [0.1, 0.15) is 47.1 Å². The first kappa shape index (κ1) is 20.7. The number of hydrogen-bond donors (Lipinski definition) is 2. The minimum absolute atomic E-state index is 0.0431. The number of nitrogens with zero attached hydrogens (tertiary/aromatic N) is 5. The number of nitrogens with one attached hydrogen (secondary N) is 2. The summed E-state index contributed by atoms with van der Waals surface area (Å²) in [6, 6.07) is 8.40. The first-order chi connectivity index (χ1) is 15.7. The molecule has 0 saturated heterocycles. The zero-order chi connectivity index (χ0) is 21.9. The van der Waals surface area contributed by atoms with Gasteiger partial charge in [-0.05, 0) is 24.5 Å². The number of carbonyl (C=O) groups excluding carboxylic acids is 1. The SMILES string of the molecule is CCCCC(Cc1c[nH]c2ccccc12)NC(=O)c1cnc(N2CCn3nncc3C2)s1. The van der Waals surface area contributed by atoms with E-state index < -0.39 is 0 Å². The fourth-order valence-corrected chi connectivity index (χ4v) is 5.10. The quantitative estimate of drug-likeness (QED) is 0.427. The van der Waals surface area contributed by atoms with Crippen molar-refractivity contribution >= 4 is 33.3 Å². The summed E-state index contributed by atoms with van der Waals surface area (Å²) in [7, 11) is 0. The summed E-state index contributed by atoms with van der Waals surface area (Å²) in [6.07, 6.45) is 9.50. The van der Waals surface area contributed by atoms with E-state index in [-0.39, 0.29) is 11.9 Å². The van der Waals surface area contributed by atoms with Gasteiger partial charge in [0.05, 0.1) is 31.2 Å². The van der Waals surface area contributed by atoms with E-state index in [4.69, 9.17) is 0 Å². The Morgan fingerprint density at radius 3 is 3.09 bits per heavy atom. The molecule has 5 rings (SSSR count). The van der Waals surface area contributed by atoms with Crippen LogP contribution in [-0.2, 0) is 19.5 Å². The molecule has 0 bridgehead atoms. The molecule has 1 aliphatic heterocycles. The highest BCUT2D eigenvalue weighted by Gasteiger charge is 2.22. The van der Waals surface area contributed by atoms with Crippen LogP contribution in [-0.4, -0.2) is 43.5 Å². The van der Waals surface area contributed by atoms with Gasteiger partial charge in [0.1, 0.15) is 4.88 Å². The van der Waals surface area contributed by atoms with Gasteiger partial charge in [0.2, 0.25) is 0 Å². The van der Waals surface area contributed by atoms with Gasteiger partial charge in [0.25, 0.3) is 5.91 Å². The number of benzene rings is 1. The van der Waals surface area contributed by atoms with Crippen LogP contribution in [0.3, 0.4) is 0 Å². The van der Waals surface area contributed by atoms with Crippen LogP contribution in [0.4, 0.5) is 5.13 Å². The molecular weight excluding hydrogens is 422 g/mol. The molecule has 166 valence electrons. The van der Waals surface area contributed by atoms with Crippen molar-refractivity contribution in [2.45, 2.75) is 51.7 Å². The molecule has 1 aliphatic rings. The molecular formula is C23H27N7OS. The summed E-state index contributed by atoms with van der Waals surface area (Å²) in [4.78, 5) is 23.8. The topological polar surface area (TPSA) is 91.7 Å². The number of fused-ring (bicyclic) bond motifs is 2. The Labute approximate surface area is 190 Å². The molecule has 0 spiro atoms. The Balaban J connectivity index is 1.27. The number of unbranched alkanes of at least 4 members (excludes halogenated alkanes) is 1. The number of amides is 1. The molecule has 1 aromatic carbocycles. The average molecular weight is 450 g/mol. The van der Waals surface area contributed by atoms with Gasteiger partial charge in [0, 0.05) is 29.7 Å². The third-order valence-corrected chi connectivity index (χ3v) is 7.06. The number of thiazole rings is 1. The molecule has 1 amide bonds. The molecule has 1 unspecified atom stereocenters. The van der Waals surface area contributed by atoms with Crippen molar-refractivity contribution in [3.63, 3.8) is 0 Å². The molecule has 0 fully saturated rings. The number of para-hydroxylation sites is 1. The first-order valence-electron chi connectivity index (χ1n) is 11.1. The van der Waals surface area contributed by atoms with Crippen LogP contribution >= 0.6 is 11.3 Å². The van der Waals surface area contributed by atoms with Crippen LogP contribution in [0.2, 0.25) is 0 Å². The smallest absolute Gasteiger partial charge is 0.263 e. The predicted octanol–water partition coefficient (Wildman–Crippen LogP) is 3.77. The summed E-state index contributed by atoms with van der Waals surface area (Å²) >= 11 is 1.45. The Morgan fingerprint density at radius 2 is 2.19 bits per heavy atom. The van der Waals surface area contributed by atoms with Gasteiger partial charge in [-0.15, -0.1) is 5.10 Å². The van der Waals surface area contributed by atoms with E-state index in [1.807, 2.05) is 10.7 Å². The van der Waals surface area contributed by atoms with E-state index in [0.29, 0.717) is 11.4 Å². The number of rotatable bonds is 8. The average Bonchev–Trinajstić information content (AvgIpc) is 3.56. The fourth-order valence-electron chi connectivity index (χ4n) is 4.26. The summed E-state index contributed by atoms with van der Waals surface area (Å²) in [5.74, 6) is -0.0431. The lowest BCUT2D eigenvalue weighted by Crippen LogP contribution is -2.36. The van der Waals surface area contributed by atoms with Crippen LogP contribution < -0.4 is 10.2 Å². The van der Waals surface area contributed by atoms with Crippen LogP contribution in [0, 0.1) is 0 Å². The summed E-state index contributed by atoms with van der Waals surface area (Å²) in [5.41, 5.74) is 3.44. The third kappa shape index (κ3) is 4.25. The van der Waals surface area contributed by atoms with E-state index in [1.165, 1.54) is 22.3 Å². The lowest BCUT2D eigenvalue weighted by atomic mass is 10.0. The van der Waals surface area contributed by atoms with Crippen LogP contribution in [0.25, 0.3) is 10.9 Å². The lowest BCUT2D eigenvalue weighted by molar-refractivity contribution is 0.0938. The maximum Gasteiger partial charge on any atom is 0.263 e. The van der Waals surface area contributed by atoms with Gasteiger partial charge in [0.15, 0.2) is 5.13 Å².